The van der Waals surface area contributed by atoms with Crippen LogP contribution in [-0.2, 0) is 13.1 Å². The number of nitrogens with one attached hydrogen (secondary N) is 2. The highest BCUT2D eigenvalue weighted by Crippen LogP contribution is 2.13. The Morgan fingerprint density at radius 3 is 2.55 bits per heavy atom. The van der Waals surface area contributed by atoms with Crippen LogP contribution in [-0.4, -0.2) is 23.1 Å². The van der Waals surface area contributed by atoms with Crippen molar-refractivity contribution in [1.29, 1.82) is 0 Å². The van der Waals surface area contributed by atoms with Crippen molar-refractivity contribution in [2.75, 3.05) is 7.05 Å². The fraction of sp³-hybridized carbons (Fsp3) is 0.533. The van der Waals surface area contributed by atoms with Gasteiger partial charge >= 0.3 is 0 Å². The van der Waals surface area contributed by atoms with Gasteiger partial charge in [-0.25, -0.2) is 4.98 Å². The molecule has 0 bridgehead atoms. The molecular weight excluding hydrogens is 282 g/mol. The van der Waals surface area contributed by atoms with Crippen molar-refractivity contribution >= 4 is 5.96 Å². The van der Waals surface area contributed by atoms with Crippen LogP contribution in [0.5, 0.6) is 0 Å². The zero-order valence-electron chi connectivity index (χ0n) is 13.7. The van der Waals surface area contributed by atoms with Gasteiger partial charge in [-0.1, -0.05) is 19.0 Å². The highest BCUT2D eigenvalue weighted by atomic mass is 16.5. The number of aryl methyl sites for hydroxylation is 2. The molecule has 0 aliphatic heterocycles. The second kappa shape index (κ2) is 7.11. The summed E-state index contributed by atoms with van der Waals surface area (Å²) in [5.41, 5.74) is 1.85. The average Bonchev–Trinajstić information content (AvgIpc) is 3.07. The first-order chi connectivity index (χ1) is 10.5. The summed E-state index contributed by atoms with van der Waals surface area (Å²) in [4.78, 5) is 8.47. The van der Waals surface area contributed by atoms with Crippen LogP contribution < -0.4 is 10.6 Å². The van der Waals surface area contributed by atoms with Crippen LogP contribution in [0, 0.1) is 13.8 Å². The van der Waals surface area contributed by atoms with Crippen molar-refractivity contribution in [2.24, 2.45) is 4.99 Å². The lowest BCUT2D eigenvalue weighted by Gasteiger charge is -2.08. The number of aliphatic imine (C=N–C) groups is 1. The average molecular weight is 305 g/mol. The Morgan fingerprint density at radius 2 is 2.00 bits per heavy atom. The van der Waals surface area contributed by atoms with Gasteiger partial charge in [-0.05, 0) is 19.8 Å². The van der Waals surface area contributed by atoms with E-state index in [-0.39, 0.29) is 0 Å². The van der Waals surface area contributed by atoms with Gasteiger partial charge in [0.2, 0.25) is 5.89 Å². The summed E-state index contributed by atoms with van der Waals surface area (Å²) >= 11 is 0. The normalized spacial score (nSPS) is 12.0. The van der Waals surface area contributed by atoms with Crippen LogP contribution in [0.3, 0.4) is 0 Å². The molecular formula is C15H23N5O2. The third kappa shape index (κ3) is 4.09. The molecule has 22 heavy (non-hydrogen) atoms. The van der Waals surface area contributed by atoms with Crippen LogP contribution >= 0.6 is 0 Å². The van der Waals surface area contributed by atoms with Crippen molar-refractivity contribution in [3.8, 4) is 0 Å². The van der Waals surface area contributed by atoms with Gasteiger partial charge in [-0.3, -0.25) is 4.99 Å². The second-order valence-corrected chi connectivity index (χ2v) is 5.40. The van der Waals surface area contributed by atoms with Crippen molar-refractivity contribution in [2.45, 2.75) is 46.7 Å². The number of nitrogens with zero attached hydrogens (tertiary/aromatic N) is 3. The Balaban J connectivity index is 1.84. The Bertz CT molecular complexity index is 623. The molecule has 0 spiro atoms. The van der Waals surface area contributed by atoms with Gasteiger partial charge in [-0.2, -0.15) is 0 Å². The van der Waals surface area contributed by atoms with E-state index in [0.717, 1.165) is 22.9 Å². The fourth-order valence-electron chi connectivity index (χ4n) is 1.85. The van der Waals surface area contributed by atoms with Gasteiger partial charge in [0, 0.05) is 13.1 Å². The maximum Gasteiger partial charge on any atom is 0.214 e. The summed E-state index contributed by atoms with van der Waals surface area (Å²) in [7, 11) is 1.71. The maximum atomic E-state index is 5.52. The molecule has 0 atom stereocenters. The molecule has 0 saturated heterocycles. The summed E-state index contributed by atoms with van der Waals surface area (Å²) in [6, 6.07) is 1.95. The van der Waals surface area contributed by atoms with Gasteiger partial charge < -0.3 is 19.6 Å². The van der Waals surface area contributed by atoms with Crippen LogP contribution in [0.1, 0.15) is 48.6 Å². The molecule has 2 heterocycles. The number of guanidine groups is 1. The quantitative estimate of drug-likeness (QED) is 0.651. The summed E-state index contributed by atoms with van der Waals surface area (Å²) in [5.74, 6) is 3.25. The molecule has 0 saturated carbocycles. The Morgan fingerprint density at radius 1 is 1.27 bits per heavy atom. The van der Waals surface area contributed by atoms with Crippen LogP contribution in [0.25, 0.3) is 0 Å². The zero-order valence-corrected chi connectivity index (χ0v) is 13.7. The third-order valence-corrected chi connectivity index (χ3v) is 3.30. The number of rotatable bonds is 5. The SMILES string of the molecule is CN=C(NCc1cc(C(C)C)no1)NCc1nc(C)c(C)o1. The molecule has 2 rings (SSSR count). The fourth-order valence-corrected chi connectivity index (χ4v) is 1.85. The summed E-state index contributed by atoms with van der Waals surface area (Å²) in [6.45, 7) is 8.97. The first-order valence-corrected chi connectivity index (χ1v) is 7.32. The summed E-state index contributed by atoms with van der Waals surface area (Å²) < 4.78 is 10.8. The van der Waals surface area contributed by atoms with Crippen molar-refractivity contribution in [3.05, 3.63) is 34.9 Å². The van der Waals surface area contributed by atoms with Gasteiger partial charge in [0.05, 0.1) is 24.5 Å². The molecule has 2 aromatic heterocycles. The van der Waals surface area contributed by atoms with E-state index in [2.05, 4.69) is 39.6 Å². The van der Waals surface area contributed by atoms with E-state index in [1.807, 2.05) is 19.9 Å². The van der Waals surface area contributed by atoms with E-state index < -0.39 is 0 Å². The Labute approximate surface area is 130 Å². The molecule has 0 aliphatic carbocycles. The van der Waals surface area contributed by atoms with Gasteiger partial charge in [-0.15, -0.1) is 0 Å². The lowest BCUT2D eigenvalue weighted by Crippen LogP contribution is -2.36. The molecule has 0 radical (unpaired) electrons. The second-order valence-electron chi connectivity index (χ2n) is 5.40. The largest absolute Gasteiger partial charge is 0.444 e. The molecule has 120 valence electrons. The molecule has 0 fully saturated rings. The van der Waals surface area contributed by atoms with Gasteiger partial charge in [0.1, 0.15) is 5.76 Å². The molecule has 2 aromatic rings. The van der Waals surface area contributed by atoms with Crippen molar-refractivity contribution in [3.63, 3.8) is 0 Å². The monoisotopic (exact) mass is 305 g/mol. The van der Waals surface area contributed by atoms with Crippen LogP contribution in [0.2, 0.25) is 0 Å². The van der Waals surface area contributed by atoms with Crippen molar-refractivity contribution in [1.82, 2.24) is 20.8 Å². The van der Waals surface area contributed by atoms with Crippen LogP contribution in [0.15, 0.2) is 20.0 Å². The molecule has 0 amide bonds. The third-order valence-electron chi connectivity index (χ3n) is 3.30. The standard InChI is InChI=1S/C15H23N5O2/c1-9(2)13-6-12(22-20-13)7-17-15(16-5)18-8-14-19-10(3)11(4)21-14/h6,9H,7-8H2,1-5H3,(H2,16,17,18). The minimum atomic E-state index is 0.353. The highest BCUT2D eigenvalue weighted by molar-refractivity contribution is 5.79. The van der Waals surface area contributed by atoms with E-state index >= 15 is 0 Å². The maximum absolute atomic E-state index is 5.52. The van der Waals surface area contributed by atoms with Gasteiger partial charge in [0.25, 0.3) is 0 Å². The van der Waals surface area contributed by atoms with Crippen LogP contribution in [0.4, 0.5) is 0 Å². The van der Waals surface area contributed by atoms with E-state index in [0.29, 0.717) is 30.9 Å². The molecule has 0 unspecified atom stereocenters. The Hall–Kier alpha value is -2.31. The zero-order chi connectivity index (χ0) is 16.1. The van der Waals surface area contributed by atoms with E-state index in [9.17, 15) is 0 Å². The number of hydrogen-bond donors (Lipinski definition) is 2. The number of oxazole rings is 1. The smallest absolute Gasteiger partial charge is 0.214 e. The Kier molecular flexibility index (Phi) is 5.19. The molecule has 7 nitrogen and oxygen atoms in total. The highest BCUT2D eigenvalue weighted by Gasteiger charge is 2.09. The molecule has 0 aromatic carbocycles. The predicted octanol–water partition coefficient (Wildman–Crippen LogP) is 2.27. The molecule has 7 heteroatoms. The topological polar surface area (TPSA) is 88.5 Å². The van der Waals surface area contributed by atoms with Gasteiger partial charge in [0.15, 0.2) is 11.7 Å². The van der Waals surface area contributed by atoms with E-state index in [4.69, 9.17) is 8.94 Å². The number of aromatic nitrogens is 2. The van der Waals surface area contributed by atoms with E-state index in [1.165, 1.54) is 0 Å². The minimum absolute atomic E-state index is 0.353. The predicted molar refractivity (Wildman–Crippen MR) is 83.6 cm³/mol. The number of hydrogen-bond acceptors (Lipinski definition) is 5. The first-order valence-electron chi connectivity index (χ1n) is 7.32. The first kappa shape index (κ1) is 16.1. The molecule has 2 N–H and O–H groups in total. The van der Waals surface area contributed by atoms with Crippen molar-refractivity contribution < 1.29 is 8.94 Å². The minimum Gasteiger partial charge on any atom is -0.444 e. The lowest BCUT2D eigenvalue weighted by atomic mass is 10.1. The summed E-state index contributed by atoms with van der Waals surface area (Å²) in [6.07, 6.45) is 0. The molecule has 0 aliphatic rings. The lowest BCUT2D eigenvalue weighted by molar-refractivity contribution is 0.371. The summed E-state index contributed by atoms with van der Waals surface area (Å²) in [5, 5.41) is 10.3. The van der Waals surface area contributed by atoms with E-state index in [1.54, 1.807) is 7.05 Å².